The van der Waals surface area contributed by atoms with Crippen molar-refractivity contribution in [3.8, 4) is 5.75 Å². The number of hydrogen-bond donors (Lipinski definition) is 1. The largest absolute Gasteiger partial charge is 0.496 e. The van der Waals surface area contributed by atoms with Crippen molar-refractivity contribution in [1.82, 2.24) is 0 Å². The Morgan fingerprint density at radius 2 is 1.89 bits per heavy atom. The average molecular weight is 261 g/mol. The van der Waals surface area contributed by atoms with Crippen LogP contribution in [0.2, 0.25) is 0 Å². The number of benzene rings is 1. The van der Waals surface area contributed by atoms with Gasteiger partial charge in [-0.15, -0.1) is 11.3 Å². The lowest BCUT2D eigenvalue weighted by molar-refractivity contribution is 0.405. The molecule has 2 N–H and O–H groups in total. The molecule has 0 radical (unpaired) electrons. The summed E-state index contributed by atoms with van der Waals surface area (Å²) in [5.74, 6) is 0.872. The molecule has 0 saturated heterocycles. The van der Waals surface area contributed by atoms with Crippen molar-refractivity contribution in [3.63, 3.8) is 0 Å². The number of para-hydroxylation sites is 1. The van der Waals surface area contributed by atoms with Gasteiger partial charge < -0.3 is 10.5 Å². The Bertz CT molecular complexity index is 507. The predicted octanol–water partition coefficient (Wildman–Crippen LogP) is 3.56. The highest BCUT2D eigenvalue weighted by molar-refractivity contribution is 7.11. The van der Waals surface area contributed by atoms with Gasteiger partial charge in [-0.3, -0.25) is 0 Å². The lowest BCUT2D eigenvalue weighted by atomic mass is 10.0. The molecule has 96 valence electrons. The van der Waals surface area contributed by atoms with E-state index in [0.29, 0.717) is 0 Å². The number of methoxy groups -OCH3 is 1. The van der Waals surface area contributed by atoms with Crippen LogP contribution in [0.15, 0.2) is 36.4 Å². The molecule has 1 aromatic carbocycles. The Balaban J connectivity index is 2.13. The van der Waals surface area contributed by atoms with Crippen molar-refractivity contribution in [3.05, 3.63) is 51.7 Å². The molecule has 0 fully saturated rings. The number of nitrogens with two attached hydrogens (primary N) is 1. The molecule has 0 aliphatic carbocycles. The van der Waals surface area contributed by atoms with Gasteiger partial charge >= 0.3 is 0 Å². The molecule has 0 bridgehead atoms. The molecule has 1 unspecified atom stereocenters. The minimum Gasteiger partial charge on any atom is -0.496 e. The van der Waals surface area contributed by atoms with Crippen LogP contribution in [0.5, 0.6) is 5.75 Å². The minimum atomic E-state index is -0.00972. The molecule has 1 atom stereocenters. The molecule has 1 aromatic heterocycles. The second-order valence-corrected chi connectivity index (χ2v) is 5.53. The van der Waals surface area contributed by atoms with Crippen molar-refractivity contribution < 1.29 is 4.74 Å². The maximum Gasteiger partial charge on any atom is 0.123 e. The molecule has 3 heteroatoms. The molecular formula is C15H19NOS. The van der Waals surface area contributed by atoms with Crippen LogP contribution in [0.4, 0.5) is 0 Å². The van der Waals surface area contributed by atoms with E-state index in [0.717, 1.165) is 24.2 Å². The zero-order valence-electron chi connectivity index (χ0n) is 10.8. The summed E-state index contributed by atoms with van der Waals surface area (Å²) in [5, 5.41) is 0. The minimum absolute atomic E-state index is 0.00972. The van der Waals surface area contributed by atoms with E-state index in [-0.39, 0.29) is 6.04 Å². The van der Waals surface area contributed by atoms with Gasteiger partial charge in [-0.05, 0) is 24.6 Å². The molecule has 0 saturated carbocycles. The van der Waals surface area contributed by atoms with E-state index in [1.807, 2.05) is 35.6 Å². The third-order valence-corrected chi connectivity index (χ3v) is 4.28. The Kier molecular flexibility index (Phi) is 4.39. The normalized spacial score (nSPS) is 12.4. The van der Waals surface area contributed by atoms with Crippen LogP contribution < -0.4 is 10.5 Å². The Hall–Kier alpha value is -1.32. The SMILES string of the molecule is CCc1ccc(CC(N)c2ccccc2OC)s1. The Labute approximate surface area is 112 Å². The molecule has 0 aliphatic rings. The Morgan fingerprint density at radius 1 is 1.17 bits per heavy atom. The number of thiophene rings is 1. The summed E-state index contributed by atoms with van der Waals surface area (Å²) < 4.78 is 5.35. The number of ether oxygens (including phenoxy) is 1. The summed E-state index contributed by atoms with van der Waals surface area (Å²) in [6.07, 6.45) is 1.96. The molecule has 0 spiro atoms. The summed E-state index contributed by atoms with van der Waals surface area (Å²) in [6, 6.07) is 12.3. The van der Waals surface area contributed by atoms with Crippen LogP contribution >= 0.6 is 11.3 Å². The van der Waals surface area contributed by atoms with Crippen molar-refractivity contribution >= 4 is 11.3 Å². The van der Waals surface area contributed by atoms with Gasteiger partial charge in [-0.2, -0.15) is 0 Å². The molecule has 2 nitrogen and oxygen atoms in total. The summed E-state index contributed by atoms with van der Waals surface area (Å²) in [7, 11) is 1.69. The van der Waals surface area contributed by atoms with Gasteiger partial charge in [0.15, 0.2) is 0 Å². The van der Waals surface area contributed by atoms with Gasteiger partial charge in [0.2, 0.25) is 0 Å². The summed E-state index contributed by atoms with van der Waals surface area (Å²) in [5.41, 5.74) is 7.36. The highest BCUT2D eigenvalue weighted by Crippen LogP contribution is 2.28. The predicted molar refractivity (Wildman–Crippen MR) is 77.3 cm³/mol. The van der Waals surface area contributed by atoms with Crippen LogP contribution in [0.3, 0.4) is 0 Å². The first kappa shape index (κ1) is 13.1. The van der Waals surface area contributed by atoms with Crippen molar-refractivity contribution in [2.24, 2.45) is 5.73 Å². The van der Waals surface area contributed by atoms with Gasteiger partial charge in [0, 0.05) is 27.8 Å². The number of hydrogen-bond acceptors (Lipinski definition) is 3. The maximum absolute atomic E-state index is 6.28. The fourth-order valence-corrected chi connectivity index (χ4v) is 3.04. The molecule has 1 heterocycles. The topological polar surface area (TPSA) is 35.2 Å². The monoisotopic (exact) mass is 261 g/mol. The van der Waals surface area contributed by atoms with Gasteiger partial charge in [0.05, 0.1) is 7.11 Å². The molecule has 0 aliphatic heterocycles. The van der Waals surface area contributed by atoms with Gasteiger partial charge in [0.1, 0.15) is 5.75 Å². The van der Waals surface area contributed by atoms with Gasteiger partial charge in [0.25, 0.3) is 0 Å². The van der Waals surface area contributed by atoms with Crippen LogP contribution in [-0.4, -0.2) is 7.11 Å². The lowest BCUT2D eigenvalue weighted by Gasteiger charge is -2.14. The van der Waals surface area contributed by atoms with Gasteiger partial charge in [-0.1, -0.05) is 25.1 Å². The first-order valence-electron chi connectivity index (χ1n) is 6.20. The molecule has 2 aromatic rings. The summed E-state index contributed by atoms with van der Waals surface area (Å²) >= 11 is 1.85. The Morgan fingerprint density at radius 3 is 2.56 bits per heavy atom. The maximum atomic E-state index is 6.28. The standard InChI is InChI=1S/C15H19NOS/c1-3-11-8-9-12(18-11)10-14(16)13-6-4-5-7-15(13)17-2/h4-9,14H,3,10,16H2,1-2H3. The summed E-state index contributed by atoms with van der Waals surface area (Å²) in [6.45, 7) is 2.18. The third-order valence-electron chi connectivity index (χ3n) is 3.03. The highest BCUT2D eigenvalue weighted by Gasteiger charge is 2.12. The van der Waals surface area contributed by atoms with E-state index in [1.165, 1.54) is 9.75 Å². The second-order valence-electron chi connectivity index (χ2n) is 4.27. The second kappa shape index (κ2) is 6.03. The zero-order valence-corrected chi connectivity index (χ0v) is 11.7. The number of rotatable bonds is 5. The van der Waals surface area contributed by atoms with Crippen LogP contribution in [0.25, 0.3) is 0 Å². The van der Waals surface area contributed by atoms with Crippen LogP contribution in [0, 0.1) is 0 Å². The number of aryl methyl sites for hydroxylation is 1. The summed E-state index contributed by atoms with van der Waals surface area (Å²) in [4.78, 5) is 2.75. The van der Waals surface area contributed by atoms with E-state index in [9.17, 15) is 0 Å². The van der Waals surface area contributed by atoms with E-state index in [2.05, 4.69) is 19.1 Å². The molecule has 0 amide bonds. The van der Waals surface area contributed by atoms with E-state index in [1.54, 1.807) is 7.11 Å². The van der Waals surface area contributed by atoms with Crippen molar-refractivity contribution in [1.29, 1.82) is 0 Å². The fourth-order valence-electron chi connectivity index (χ4n) is 2.02. The highest BCUT2D eigenvalue weighted by atomic mass is 32.1. The van der Waals surface area contributed by atoms with Crippen LogP contribution in [-0.2, 0) is 12.8 Å². The third kappa shape index (κ3) is 2.92. The van der Waals surface area contributed by atoms with Crippen molar-refractivity contribution in [2.75, 3.05) is 7.11 Å². The lowest BCUT2D eigenvalue weighted by Crippen LogP contribution is -2.13. The zero-order chi connectivity index (χ0) is 13.0. The molecular weight excluding hydrogens is 242 g/mol. The van der Waals surface area contributed by atoms with E-state index in [4.69, 9.17) is 10.5 Å². The van der Waals surface area contributed by atoms with E-state index >= 15 is 0 Å². The van der Waals surface area contributed by atoms with Gasteiger partial charge in [-0.25, -0.2) is 0 Å². The average Bonchev–Trinajstić information content (AvgIpc) is 2.86. The van der Waals surface area contributed by atoms with E-state index < -0.39 is 0 Å². The molecule has 2 rings (SSSR count). The quantitative estimate of drug-likeness (QED) is 0.893. The fraction of sp³-hybridized carbons (Fsp3) is 0.333. The van der Waals surface area contributed by atoms with Crippen LogP contribution in [0.1, 0.15) is 28.3 Å². The molecule has 18 heavy (non-hydrogen) atoms. The first-order valence-corrected chi connectivity index (χ1v) is 7.02. The first-order chi connectivity index (χ1) is 8.74. The van der Waals surface area contributed by atoms with Crippen molar-refractivity contribution in [2.45, 2.75) is 25.8 Å². The smallest absolute Gasteiger partial charge is 0.123 e.